The zero-order valence-corrected chi connectivity index (χ0v) is 16.1. The van der Waals surface area contributed by atoms with E-state index in [1.807, 2.05) is 6.92 Å². The Bertz CT molecular complexity index is 740. The predicted octanol–water partition coefficient (Wildman–Crippen LogP) is 3.43. The van der Waals surface area contributed by atoms with Gasteiger partial charge in [0.2, 0.25) is 0 Å². The van der Waals surface area contributed by atoms with Crippen molar-refractivity contribution in [1.82, 2.24) is 10.6 Å². The maximum Gasteiger partial charge on any atom is 0.387 e. The average molecular weight is 400 g/mol. The van der Waals surface area contributed by atoms with E-state index in [9.17, 15) is 13.6 Å². The molecule has 6 nitrogen and oxygen atoms in total. The SMILES string of the molecule is CCCC1=C(C(=O)OCC)C(c2ccc(OC)c(OC(F)F)c2)NC(=S)N1. The van der Waals surface area contributed by atoms with E-state index < -0.39 is 18.6 Å². The van der Waals surface area contributed by atoms with E-state index in [0.717, 1.165) is 6.42 Å². The van der Waals surface area contributed by atoms with Crippen molar-refractivity contribution in [2.75, 3.05) is 13.7 Å². The number of nitrogens with one attached hydrogen (secondary N) is 2. The summed E-state index contributed by atoms with van der Waals surface area (Å²) in [7, 11) is 1.36. The van der Waals surface area contributed by atoms with Gasteiger partial charge >= 0.3 is 12.6 Å². The van der Waals surface area contributed by atoms with Gasteiger partial charge in [-0.25, -0.2) is 4.79 Å². The fourth-order valence-corrected chi connectivity index (χ4v) is 3.07. The molecule has 0 aliphatic carbocycles. The van der Waals surface area contributed by atoms with Crippen LogP contribution in [-0.4, -0.2) is 31.4 Å². The topological polar surface area (TPSA) is 68.8 Å². The summed E-state index contributed by atoms with van der Waals surface area (Å²) in [6, 6.07) is 3.90. The van der Waals surface area contributed by atoms with Gasteiger partial charge in [-0.05, 0) is 43.3 Å². The molecule has 0 amide bonds. The maximum absolute atomic E-state index is 12.7. The molecule has 27 heavy (non-hydrogen) atoms. The van der Waals surface area contributed by atoms with Gasteiger partial charge in [0.15, 0.2) is 16.6 Å². The molecule has 0 aromatic heterocycles. The molecule has 148 valence electrons. The highest BCUT2D eigenvalue weighted by atomic mass is 32.1. The highest BCUT2D eigenvalue weighted by Crippen LogP contribution is 2.36. The highest BCUT2D eigenvalue weighted by Gasteiger charge is 2.32. The number of halogens is 2. The van der Waals surface area contributed by atoms with Crippen LogP contribution >= 0.6 is 12.2 Å². The summed E-state index contributed by atoms with van der Waals surface area (Å²) >= 11 is 5.25. The molecule has 0 saturated carbocycles. The van der Waals surface area contributed by atoms with E-state index in [2.05, 4.69) is 15.4 Å². The Hall–Kier alpha value is -2.42. The van der Waals surface area contributed by atoms with Gasteiger partial charge in [0.1, 0.15) is 0 Å². The number of methoxy groups -OCH3 is 1. The molecule has 1 aromatic rings. The quantitative estimate of drug-likeness (QED) is 0.512. The van der Waals surface area contributed by atoms with Gasteiger partial charge in [0.25, 0.3) is 0 Å². The first-order valence-corrected chi connectivity index (χ1v) is 8.92. The van der Waals surface area contributed by atoms with Gasteiger partial charge in [-0.3, -0.25) is 0 Å². The van der Waals surface area contributed by atoms with Gasteiger partial charge in [0.05, 0.1) is 25.3 Å². The largest absolute Gasteiger partial charge is 0.493 e. The van der Waals surface area contributed by atoms with Crippen LogP contribution in [0.25, 0.3) is 0 Å². The first kappa shape index (κ1) is 20.9. The van der Waals surface area contributed by atoms with Crippen LogP contribution in [0.3, 0.4) is 0 Å². The van der Waals surface area contributed by atoms with Crippen LogP contribution in [0.1, 0.15) is 38.3 Å². The van der Waals surface area contributed by atoms with Crippen molar-refractivity contribution in [2.24, 2.45) is 0 Å². The fraction of sp³-hybridized carbons (Fsp3) is 0.444. The van der Waals surface area contributed by atoms with Crippen LogP contribution in [0.4, 0.5) is 8.78 Å². The van der Waals surface area contributed by atoms with Crippen molar-refractivity contribution in [2.45, 2.75) is 39.3 Å². The number of ether oxygens (including phenoxy) is 3. The lowest BCUT2D eigenvalue weighted by Gasteiger charge is -2.31. The zero-order chi connectivity index (χ0) is 20.0. The van der Waals surface area contributed by atoms with Gasteiger partial charge in [0, 0.05) is 5.70 Å². The summed E-state index contributed by atoms with van der Waals surface area (Å²) in [5.74, 6) is -0.469. The number of hydrogen-bond donors (Lipinski definition) is 2. The molecule has 1 atom stereocenters. The van der Waals surface area contributed by atoms with E-state index in [4.69, 9.17) is 21.7 Å². The lowest BCUT2D eigenvalue weighted by Crippen LogP contribution is -2.45. The number of alkyl halides is 2. The first-order valence-electron chi connectivity index (χ1n) is 8.51. The molecule has 1 heterocycles. The number of carbonyl (C=O) groups excluding carboxylic acids is 1. The smallest absolute Gasteiger partial charge is 0.387 e. The molecule has 9 heteroatoms. The molecular weight excluding hydrogens is 378 g/mol. The van der Waals surface area contributed by atoms with Gasteiger partial charge in [-0.15, -0.1) is 0 Å². The first-order chi connectivity index (χ1) is 12.9. The standard InChI is InChI=1S/C18H22F2N2O4S/c1-4-6-11-14(16(23)25-5-2)15(22-18(27)21-11)10-7-8-12(24-3)13(9-10)26-17(19)20/h7-9,15,17H,4-6H2,1-3H3,(H2,21,22,27). The lowest BCUT2D eigenvalue weighted by molar-refractivity contribution is -0.139. The third-order valence-corrected chi connectivity index (χ3v) is 4.11. The van der Waals surface area contributed by atoms with E-state index in [-0.39, 0.29) is 18.1 Å². The van der Waals surface area contributed by atoms with Gasteiger partial charge in [-0.2, -0.15) is 8.78 Å². The minimum atomic E-state index is -3.01. The van der Waals surface area contributed by atoms with E-state index >= 15 is 0 Å². The van der Waals surface area contributed by atoms with Crippen molar-refractivity contribution in [3.63, 3.8) is 0 Å². The third-order valence-electron chi connectivity index (χ3n) is 3.89. The average Bonchev–Trinajstić information content (AvgIpc) is 2.61. The molecule has 0 spiro atoms. The lowest BCUT2D eigenvalue weighted by atomic mass is 9.93. The molecule has 0 fully saturated rings. The van der Waals surface area contributed by atoms with Crippen molar-refractivity contribution in [3.8, 4) is 11.5 Å². The molecule has 1 unspecified atom stereocenters. The van der Waals surface area contributed by atoms with Crippen LogP contribution in [0, 0.1) is 0 Å². The minimum absolute atomic E-state index is 0.128. The Labute approximate surface area is 161 Å². The van der Waals surface area contributed by atoms with Crippen molar-refractivity contribution >= 4 is 23.3 Å². The summed E-state index contributed by atoms with van der Waals surface area (Å²) in [5, 5.41) is 6.34. The second kappa shape index (κ2) is 9.50. The third kappa shape index (κ3) is 5.06. The van der Waals surface area contributed by atoms with E-state index in [1.165, 1.54) is 19.2 Å². The van der Waals surface area contributed by atoms with E-state index in [1.54, 1.807) is 13.0 Å². The predicted molar refractivity (Wildman–Crippen MR) is 99.8 cm³/mol. The maximum atomic E-state index is 12.7. The molecule has 1 aliphatic heterocycles. The summed E-state index contributed by atoms with van der Waals surface area (Å²) in [6.45, 7) is 0.885. The van der Waals surface area contributed by atoms with Crippen molar-refractivity contribution in [3.05, 3.63) is 35.0 Å². The molecule has 0 radical (unpaired) electrons. The Morgan fingerprint density at radius 2 is 2.04 bits per heavy atom. The van der Waals surface area contributed by atoms with Crippen LogP contribution < -0.4 is 20.1 Å². The van der Waals surface area contributed by atoms with Crippen LogP contribution in [0.5, 0.6) is 11.5 Å². The van der Waals surface area contributed by atoms with Crippen LogP contribution in [0.15, 0.2) is 29.5 Å². The summed E-state index contributed by atoms with van der Waals surface area (Å²) in [5.41, 5.74) is 1.53. The van der Waals surface area contributed by atoms with Gasteiger partial charge < -0.3 is 24.8 Å². The number of allylic oxidation sites excluding steroid dienone is 1. The summed E-state index contributed by atoms with van der Waals surface area (Å²) in [4.78, 5) is 12.6. The number of hydrogen-bond acceptors (Lipinski definition) is 5. The van der Waals surface area contributed by atoms with Crippen LogP contribution in [0.2, 0.25) is 0 Å². The number of benzene rings is 1. The Balaban J connectivity index is 2.53. The molecule has 2 N–H and O–H groups in total. The minimum Gasteiger partial charge on any atom is -0.493 e. The molecule has 2 rings (SSSR count). The number of esters is 1. The monoisotopic (exact) mass is 400 g/mol. The molecule has 1 aromatic carbocycles. The van der Waals surface area contributed by atoms with Crippen molar-refractivity contribution in [1.29, 1.82) is 0 Å². The number of thiocarbonyl (C=S) groups is 1. The highest BCUT2D eigenvalue weighted by molar-refractivity contribution is 7.80. The summed E-state index contributed by atoms with van der Waals surface area (Å²) < 4.78 is 40.3. The Kier molecular flexibility index (Phi) is 7.35. The molecular formula is C18H22F2N2O4S. The Morgan fingerprint density at radius 1 is 1.30 bits per heavy atom. The second-order valence-corrected chi connectivity index (χ2v) is 6.09. The normalized spacial score (nSPS) is 16.7. The fourth-order valence-electron chi connectivity index (χ4n) is 2.83. The molecule has 1 aliphatic rings. The zero-order valence-electron chi connectivity index (χ0n) is 15.3. The number of carbonyl (C=O) groups is 1. The molecule has 0 bridgehead atoms. The Morgan fingerprint density at radius 3 is 2.63 bits per heavy atom. The van der Waals surface area contributed by atoms with Crippen molar-refractivity contribution < 1.29 is 27.8 Å². The summed E-state index contributed by atoms with van der Waals surface area (Å²) in [6.07, 6.45) is 1.37. The second-order valence-electron chi connectivity index (χ2n) is 5.68. The van der Waals surface area contributed by atoms with Gasteiger partial charge in [-0.1, -0.05) is 19.4 Å². The number of rotatable bonds is 8. The van der Waals surface area contributed by atoms with Crippen LogP contribution in [-0.2, 0) is 9.53 Å². The van der Waals surface area contributed by atoms with E-state index in [0.29, 0.717) is 28.4 Å². The molecule has 0 saturated heterocycles.